The zero-order valence-corrected chi connectivity index (χ0v) is 12.6. The Balaban J connectivity index is 1.75. The van der Waals surface area contributed by atoms with Gasteiger partial charge in [-0.3, -0.25) is 0 Å². The lowest BCUT2D eigenvalue weighted by Crippen LogP contribution is -2.33. The Morgan fingerprint density at radius 3 is 2.57 bits per heavy atom. The molecule has 7 nitrogen and oxygen atoms in total. The number of anilines is 3. The lowest BCUT2D eigenvalue weighted by molar-refractivity contribution is 0.0874. The summed E-state index contributed by atoms with van der Waals surface area (Å²) in [5.74, 6) is 2.03. The molecule has 1 aromatic heterocycles. The van der Waals surface area contributed by atoms with Crippen LogP contribution in [0.5, 0.6) is 0 Å². The van der Waals surface area contributed by atoms with Crippen LogP contribution in [0.4, 0.5) is 17.8 Å². The average Bonchev–Trinajstić information content (AvgIpc) is 2.56. The van der Waals surface area contributed by atoms with Gasteiger partial charge in [-0.1, -0.05) is 0 Å². The normalized spacial score (nSPS) is 22.9. The third-order valence-electron chi connectivity index (χ3n) is 3.98. The molecular weight excluding hydrogens is 268 g/mol. The van der Waals surface area contributed by atoms with Crippen LogP contribution in [-0.2, 0) is 4.74 Å². The van der Waals surface area contributed by atoms with Crippen molar-refractivity contribution in [2.24, 2.45) is 0 Å². The van der Waals surface area contributed by atoms with Crippen molar-refractivity contribution in [3.05, 3.63) is 0 Å². The summed E-state index contributed by atoms with van der Waals surface area (Å²) in [5.41, 5.74) is 0. The van der Waals surface area contributed by atoms with Crippen LogP contribution >= 0.6 is 0 Å². The Morgan fingerprint density at radius 1 is 1.05 bits per heavy atom. The van der Waals surface area contributed by atoms with Crippen LogP contribution in [0.25, 0.3) is 0 Å². The molecule has 0 aliphatic carbocycles. The van der Waals surface area contributed by atoms with E-state index in [1.54, 1.807) is 0 Å². The maximum atomic E-state index is 5.50. The second-order valence-corrected chi connectivity index (χ2v) is 5.64. The van der Waals surface area contributed by atoms with Gasteiger partial charge in [0.05, 0.1) is 12.6 Å². The molecule has 116 valence electrons. The largest absolute Gasteiger partial charge is 0.379 e. The Kier molecular flexibility index (Phi) is 4.69. The molecule has 0 radical (unpaired) electrons. The van der Waals surface area contributed by atoms with Gasteiger partial charge < -0.3 is 20.3 Å². The minimum Gasteiger partial charge on any atom is -0.379 e. The van der Waals surface area contributed by atoms with Gasteiger partial charge in [-0.05, 0) is 32.1 Å². The number of nitrogens with zero attached hydrogens (tertiary/aromatic N) is 4. The van der Waals surface area contributed by atoms with Crippen LogP contribution in [0.15, 0.2) is 0 Å². The molecule has 21 heavy (non-hydrogen) atoms. The first-order valence-electron chi connectivity index (χ1n) is 7.88. The molecule has 2 aliphatic rings. The molecule has 2 aliphatic heterocycles. The van der Waals surface area contributed by atoms with E-state index in [2.05, 4.69) is 30.5 Å². The molecule has 0 amide bonds. The van der Waals surface area contributed by atoms with Crippen molar-refractivity contribution in [3.63, 3.8) is 0 Å². The number of nitrogens with one attached hydrogen (secondary N) is 2. The van der Waals surface area contributed by atoms with E-state index < -0.39 is 0 Å². The summed E-state index contributed by atoms with van der Waals surface area (Å²) >= 11 is 0. The second-order valence-electron chi connectivity index (χ2n) is 5.64. The third-order valence-corrected chi connectivity index (χ3v) is 3.98. The van der Waals surface area contributed by atoms with E-state index in [0.717, 1.165) is 45.1 Å². The van der Waals surface area contributed by atoms with Gasteiger partial charge in [-0.25, -0.2) is 0 Å². The summed E-state index contributed by atoms with van der Waals surface area (Å²) < 4.78 is 5.50. The van der Waals surface area contributed by atoms with Crippen LogP contribution in [-0.4, -0.2) is 54.3 Å². The first-order valence-corrected chi connectivity index (χ1v) is 7.88. The molecule has 0 aromatic carbocycles. The van der Waals surface area contributed by atoms with Gasteiger partial charge in [-0.2, -0.15) is 15.0 Å². The summed E-state index contributed by atoms with van der Waals surface area (Å²) in [6, 6.07) is 0.292. The van der Waals surface area contributed by atoms with Crippen molar-refractivity contribution in [1.82, 2.24) is 15.0 Å². The molecule has 2 saturated heterocycles. The molecule has 1 unspecified atom stereocenters. The fourth-order valence-corrected chi connectivity index (χ4v) is 2.81. The lowest BCUT2D eigenvalue weighted by Gasteiger charge is -2.28. The number of ether oxygens (including phenoxy) is 1. The summed E-state index contributed by atoms with van der Waals surface area (Å²) in [6.07, 6.45) is 5.89. The van der Waals surface area contributed by atoms with E-state index in [-0.39, 0.29) is 0 Å². The molecule has 7 heteroatoms. The highest BCUT2D eigenvalue weighted by atomic mass is 16.5. The SMILES string of the molecule is CNc1nc(NC2CCCOC2)nc(N2CCCCC2)n1. The van der Waals surface area contributed by atoms with Crippen molar-refractivity contribution >= 4 is 17.8 Å². The van der Waals surface area contributed by atoms with Gasteiger partial charge >= 0.3 is 0 Å². The highest BCUT2D eigenvalue weighted by Crippen LogP contribution is 2.19. The summed E-state index contributed by atoms with van der Waals surface area (Å²) in [6.45, 7) is 3.63. The Labute approximate surface area is 125 Å². The van der Waals surface area contributed by atoms with E-state index in [4.69, 9.17) is 4.74 Å². The summed E-state index contributed by atoms with van der Waals surface area (Å²) in [4.78, 5) is 15.7. The molecule has 2 N–H and O–H groups in total. The Morgan fingerprint density at radius 2 is 1.86 bits per heavy atom. The van der Waals surface area contributed by atoms with Crippen molar-refractivity contribution in [2.45, 2.75) is 38.1 Å². The van der Waals surface area contributed by atoms with E-state index >= 15 is 0 Å². The number of piperidine rings is 1. The average molecular weight is 292 g/mol. The number of hydrogen-bond acceptors (Lipinski definition) is 7. The molecule has 3 rings (SSSR count). The minimum absolute atomic E-state index is 0.292. The van der Waals surface area contributed by atoms with Gasteiger partial charge in [0.15, 0.2) is 0 Å². The standard InChI is InChI=1S/C14H24N6O/c1-15-12-17-13(16-11-6-5-9-21-10-11)19-14(18-12)20-7-3-2-4-8-20/h11H,2-10H2,1H3,(H2,15,16,17,18,19). The highest BCUT2D eigenvalue weighted by molar-refractivity contribution is 5.44. The van der Waals surface area contributed by atoms with Crippen molar-refractivity contribution < 1.29 is 4.74 Å². The van der Waals surface area contributed by atoms with Crippen LogP contribution in [0.1, 0.15) is 32.1 Å². The van der Waals surface area contributed by atoms with E-state index in [1.807, 2.05) is 7.05 Å². The number of hydrogen-bond donors (Lipinski definition) is 2. The van der Waals surface area contributed by atoms with E-state index in [0.29, 0.717) is 17.9 Å². The monoisotopic (exact) mass is 292 g/mol. The number of rotatable bonds is 4. The molecular formula is C14H24N6O. The zero-order chi connectivity index (χ0) is 14.5. The zero-order valence-electron chi connectivity index (χ0n) is 12.6. The first-order chi connectivity index (χ1) is 10.3. The third kappa shape index (κ3) is 3.72. The molecule has 0 saturated carbocycles. The highest BCUT2D eigenvalue weighted by Gasteiger charge is 2.19. The summed E-state index contributed by atoms with van der Waals surface area (Å²) in [7, 11) is 1.84. The quantitative estimate of drug-likeness (QED) is 0.871. The minimum atomic E-state index is 0.292. The van der Waals surface area contributed by atoms with Gasteiger partial charge in [0.25, 0.3) is 0 Å². The predicted octanol–water partition coefficient (Wildman–Crippen LogP) is 1.49. The molecule has 0 spiro atoms. The van der Waals surface area contributed by atoms with Crippen molar-refractivity contribution in [3.8, 4) is 0 Å². The van der Waals surface area contributed by atoms with Gasteiger partial charge in [0.2, 0.25) is 17.8 Å². The van der Waals surface area contributed by atoms with Gasteiger partial charge in [-0.15, -0.1) is 0 Å². The summed E-state index contributed by atoms with van der Waals surface area (Å²) in [5, 5.41) is 6.41. The predicted molar refractivity (Wildman–Crippen MR) is 82.9 cm³/mol. The van der Waals surface area contributed by atoms with E-state index in [1.165, 1.54) is 19.3 Å². The maximum absolute atomic E-state index is 5.50. The van der Waals surface area contributed by atoms with Crippen molar-refractivity contribution in [1.29, 1.82) is 0 Å². The first kappa shape index (κ1) is 14.3. The molecule has 1 atom stereocenters. The molecule has 1 aromatic rings. The fourth-order valence-electron chi connectivity index (χ4n) is 2.81. The van der Waals surface area contributed by atoms with Crippen molar-refractivity contribution in [2.75, 3.05) is 48.9 Å². The van der Waals surface area contributed by atoms with E-state index in [9.17, 15) is 0 Å². The fraction of sp³-hybridized carbons (Fsp3) is 0.786. The topological polar surface area (TPSA) is 75.2 Å². The Hall–Kier alpha value is -1.63. The second kappa shape index (κ2) is 6.89. The van der Waals surface area contributed by atoms with Crippen LogP contribution in [0.3, 0.4) is 0 Å². The lowest BCUT2D eigenvalue weighted by atomic mass is 10.1. The molecule has 0 bridgehead atoms. The molecule has 3 heterocycles. The van der Waals surface area contributed by atoms with Crippen LogP contribution < -0.4 is 15.5 Å². The Bertz CT molecular complexity index is 457. The van der Waals surface area contributed by atoms with Gasteiger partial charge in [0.1, 0.15) is 0 Å². The molecule has 2 fully saturated rings. The number of aromatic nitrogens is 3. The van der Waals surface area contributed by atoms with Gasteiger partial charge in [0, 0.05) is 26.7 Å². The maximum Gasteiger partial charge on any atom is 0.231 e. The van der Waals surface area contributed by atoms with Crippen LogP contribution in [0, 0.1) is 0 Å². The van der Waals surface area contributed by atoms with Crippen LogP contribution in [0.2, 0.25) is 0 Å². The smallest absolute Gasteiger partial charge is 0.231 e.